The van der Waals surface area contributed by atoms with E-state index in [9.17, 15) is 20.4 Å². The van der Waals surface area contributed by atoms with E-state index < -0.39 is 0 Å². The number of phenols is 1. The summed E-state index contributed by atoms with van der Waals surface area (Å²) >= 11 is 0. The molecule has 6 rings (SSSR count). The number of phenolic OH excluding ortho intramolecular Hbond substituents is 1. The van der Waals surface area contributed by atoms with E-state index in [1.54, 1.807) is 0 Å². The molecule has 0 atom stereocenters. The third-order valence-electron chi connectivity index (χ3n) is 10.2. The van der Waals surface area contributed by atoms with Crippen LogP contribution in [0.4, 0.5) is 0 Å². The Morgan fingerprint density at radius 2 is 0.644 bits per heavy atom. The number of aromatic hydroxyl groups is 1. The monoisotopic (exact) mass is 804 g/mol. The van der Waals surface area contributed by atoms with E-state index in [0.29, 0.717) is 72.6 Å². The molecule has 0 amide bonds. The number of nitrogens with zero attached hydrogens (tertiary/aromatic N) is 2. The molecule has 306 valence electrons. The molecule has 0 aliphatic rings. The minimum Gasteiger partial charge on any atom is -0.872 e. The van der Waals surface area contributed by atoms with E-state index in [0.717, 1.165) is 33.4 Å². The minimum absolute atomic E-state index is 0. The summed E-state index contributed by atoms with van der Waals surface area (Å²) in [4.78, 5) is 4.33. The molecule has 0 heterocycles. The average molecular weight is 805 g/mol. The Balaban J connectivity index is 0.000000519. The SMILES string of the molecule is Cc1cc(C)c([O-])c(CN(CCN(Cc2cc(C)cc(C)c2[O-])Cc2cc(C)cc(C)c2O)Cc2cc(C)cc(C)c2[O-])c1.Cc1ccccc1.Cc1ccccc1.[Al+3]. The second kappa shape index (κ2) is 22.9. The van der Waals surface area contributed by atoms with E-state index in [1.165, 1.54) is 11.1 Å². The molecule has 0 saturated heterocycles. The number of hydrogen-bond donors (Lipinski definition) is 1. The predicted octanol–water partition coefficient (Wildman–Crippen LogP) is 9.39. The van der Waals surface area contributed by atoms with Crippen LogP contribution >= 0.6 is 0 Å². The summed E-state index contributed by atoms with van der Waals surface area (Å²) in [5, 5.41) is 50.4. The fourth-order valence-electron chi connectivity index (χ4n) is 7.39. The number of aryl methyl sites for hydroxylation is 10. The molecule has 0 aliphatic carbocycles. The van der Waals surface area contributed by atoms with E-state index in [-0.39, 0.29) is 40.4 Å². The van der Waals surface area contributed by atoms with Crippen molar-refractivity contribution in [1.82, 2.24) is 9.80 Å². The first-order valence-electron chi connectivity index (χ1n) is 20.1. The fourth-order valence-corrected chi connectivity index (χ4v) is 7.39. The van der Waals surface area contributed by atoms with Crippen molar-refractivity contribution in [3.8, 4) is 23.0 Å². The zero-order chi connectivity index (χ0) is 42.5. The van der Waals surface area contributed by atoms with E-state index >= 15 is 0 Å². The zero-order valence-corrected chi connectivity index (χ0v) is 37.9. The van der Waals surface area contributed by atoms with Gasteiger partial charge in [-0.2, -0.15) is 0 Å². The van der Waals surface area contributed by atoms with Crippen molar-refractivity contribution in [3.05, 3.63) is 187 Å². The van der Waals surface area contributed by atoms with Crippen LogP contribution in [0.25, 0.3) is 0 Å². The first-order chi connectivity index (χ1) is 27.5. The van der Waals surface area contributed by atoms with Gasteiger partial charge in [-0.25, -0.2) is 0 Å². The van der Waals surface area contributed by atoms with Crippen LogP contribution in [0.15, 0.2) is 109 Å². The van der Waals surface area contributed by atoms with Crippen molar-refractivity contribution in [3.63, 3.8) is 0 Å². The molecule has 0 bridgehead atoms. The molecule has 6 aromatic carbocycles. The summed E-state index contributed by atoms with van der Waals surface area (Å²) in [7, 11) is 0. The van der Waals surface area contributed by atoms with Crippen LogP contribution in [0.3, 0.4) is 0 Å². The molecule has 6 nitrogen and oxygen atoms in total. The second-order valence-electron chi connectivity index (χ2n) is 16.0. The van der Waals surface area contributed by atoms with Crippen LogP contribution in [0, 0.1) is 69.2 Å². The van der Waals surface area contributed by atoms with Gasteiger partial charge in [0.15, 0.2) is 0 Å². The molecule has 0 unspecified atom stereocenters. The summed E-state index contributed by atoms with van der Waals surface area (Å²) in [6.07, 6.45) is 0. The van der Waals surface area contributed by atoms with Crippen molar-refractivity contribution in [2.45, 2.75) is 95.4 Å². The fraction of sp³-hybridized carbons (Fsp3) is 0.308. The molecule has 0 aromatic heterocycles. The maximum atomic E-state index is 13.2. The first kappa shape index (κ1) is 48.3. The predicted molar refractivity (Wildman–Crippen MR) is 240 cm³/mol. The third-order valence-corrected chi connectivity index (χ3v) is 10.2. The Morgan fingerprint density at radius 1 is 0.373 bits per heavy atom. The van der Waals surface area contributed by atoms with Gasteiger partial charge in [-0.15, -0.1) is 17.2 Å². The van der Waals surface area contributed by atoms with Gasteiger partial charge in [-0.1, -0.05) is 159 Å². The van der Waals surface area contributed by atoms with Gasteiger partial charge < -0.3 is 20.4 Å². The normalized spacial score (nSPS) is 10.7. The van der Waals surface area contributed by atoms with E-state index in [1.807, 2.05) is 140 Å². The van der Waals surface area contributed by atoms with Gasteiger partial charge in [0, 0.05) is 44.8 Å². The number of benzene rings is 6. The van der Waals surface area contributed by atoms with Crippen LogP contribution in [0.2, 0.25) is 0 Å². The topological polar surface area (TPSA) is 95.9 Å². The van der Waals surface area contributed by atoms with Crippen molar-refractivity contribution >= 4 is 17.4 Å². The second-order valence-corrected chi connectivity index (χ2v) is 16.0. The van der Waals surface area contributed by atoms with Gasteiger partial charge in [0.1, 0.15) is 5.75 Å². The molecule has 59 heavy (non-hydrogen) atoms. The van der Waals surface area contributed by atoms with E-state index in [4.69, 9.17) is 0 Å². The Labute approximate surface area is 364 Å². The van der Waals surface area contributed by atoms with Crippen LogP contribution in [0.1, 0.15) is 77.9 Å². The average Bonchev–Trinajstić information content (AvgIpc) is 3.16. The number of hydrogen-bond acceptors (Lipinski definition) is 6. The molecule has 6 aromatic rings. The van der Waals surface area contributed by atoms with Gasteiger partial charge >= 0.3 is 17.4 Å². The molecule has 1 N–H and O–H groups in total. The molecule has 0 aliphatic heterocycles. The molecule has 0 radical (unpaired) electrons. The largest absolute Gasteiger partial charge is 3.00 e. The molecular weight excluding hydrogens is 744 g/mol. The summed E-state index contributed by atoms with van der Waals surface area (Å²) in [6, 6.07) is 36.0. The number of rotatable bonds is 11. The molecule has 7 heteroatoms. The van der Waals surface area contributed by atoms with Crippen molar-refractivity contribution in [1.29, 1.82) is 0 Å². The van der Waals surface area contributed by atoms with Crippen LogP contribution in [-0.4, -0.2) is 45.4 Å². The Hall–Kier alpha value is -5.03. The van der Waals surface area contributed by atoms with Crippen LogP contribution in [-0.2, 0) is 26.2 Å². The summed E-state index contributed by atoms with van der Waals surface area (Å²) in [5.74, 6) is 0.329. The molecule has 0 saturated carbocycles. The summed E-state index contributed by atoms with van der Waals surface area (Å²) in [5.41, 5.74) is 12.7. The van der Waals surface area contributed by atoms with Crippen LogP contribution < -0.4 is 15.3 Å². The molecular formula is C52H61AlN2O4. The van der Waals surface area contributed by atoms with E-state index in [2.05, 4.69) is 47.9 Å². The minimum atomic E-state index is 0. The molecule has 0 fully saturated rings. The van der Waals surface area contributed by atoms with Gasteiger partial charge in [0.05, 0.1) is 0 Å². The first-order valence-corrected chi connectivity index (χ1v) is 20.1. The van der Waals surface area contributed by atoms with Crippen molar-refractivity contribution in [2.24, 2.45) is 0 Å². The summed E-state index contributed by atoms with van der Waals surface area (Å²) < 4.78 is 0. The van der Waals surface area contributed by atoms with Gasteiger partial charge in [-0.3, -0.25) is 9.80 Å². The van der Waals surface area contributed by atoms with Gasteiger partial charge in [0.2, 0.25) is 0 Å². The van der Waals surface area contributed by atoms with Crippen molar-refractivity contribution < 1.29 is 20.4 Å². The third kappa shape index (κ3) is 14.9. The Bertz CT molecular complexity index is 1980. The standard InChI is InChI=1S/C38H48N2O4.2C7H8.Al/c1-23-11-27(5)35(41)31(15-23)19-39(20-32-16-24(2)12-28(6)36(32)42)9-10-40(21-33-17-25(3)13-29(7)37(33)43)22-34-18-26(4)14-30(8)38(34)44;2*1-7-5-3-2-4-6-7;/h11-18,41-44H,9-10,19-22H2,1-8H3;2*2-6H,1H3;/q;;;+3/p-3. The molecule has 0 spiro atoms. The maximum absolute atomic E-state index is 13.2. The van der Waals surface area contributed by atoms with Crippen LogP contribution in [0.5, 0.6) is 23.0 Å². The van der Waals surface area contributed by atoms with Gasteiger partial charge in [-0.05, 0) is 91.5 Å². The zero-order valence-electron chi connectivity index (χ0n) is 36.8. The Morgan fingerprint density at radius 3 is 0.932 bits per heavy atom. The maximum Gasteiger partial charge on any atom is 3.00 e. The smallest absolute Gasteiger partial charge is 0.872 e. The Kier molecular flexibility index (Phi) is 18.8. The van der Waals surface area contributed by atoms with Crippen molar-refractivity contribution in [2.75, 3.05) is 13.1 Å². The van der Waals surface area contributed by atoms with Gasteiger partial charge in [0.25, 0.3) is 0 Å². The quantitative estimate of drug-likeness (QED) is 0.131. The summed E-state index contributed by atoms with van der Waals surface area (Å²) in [6.45, 7) is 22.3.